The van der Waals surface area contributed by atoms with Gasteiger partial charge in [-0.05, 0) is 73.5 Å². The van der Waals surface area contributed by atoms with E-state index in [2.05, 4.69) is 24.1 Å². The fourth-order valence-corrected chi connectivity index (χ4v) is 2.80. The van der Waals surface area contributed by atoms with Crippen LogP contribution in [0, 0.1) is 5.41 Å². The zero-order chi connectivity index (χ0) is 16.4. The quantitative estimate of drug-likeness (QED) is 0.858. The van der Waals surface area contributed by atoms with Crippen molar-refractivity contribution >= 4 is 11.4 Å². The van der Waals surface area contributed by atoms with Gasteiger partial charge in [0.25, 0.3) is 0 Å². The fraction of sp³-hybridized carbons (Fsp3) is 0.263. The van der Waals surface area contributed by atoms with E-state index in [1.54, 1.807) is 14.2 Å². The Labute approximate surface area is 136 Å². The van der Waals surface area contributed by atoms with Gasteiger partial charge >= 0.3 is 0 Å². The Hall–Kier alpha value is -2.62. The summed E-state index contributed by atoms with van der Waals surface area (Å²) in [7, 11) is 3.33. The Balaban J connectivity index is 1.89. The molecule has 0 aliphatic carbocycles. The Morgan fingerprint density at radius 1 is 0.652 bits per heavy atom. The monoisotopic (exact) mass is 308 g/mol. The van der Waals surface area contributed by atoms with Gasteiger partial charge in [0, 0.05) is 0 Å². The van der Waals surface area contributed by atoms with Gasteiger partial charge in [0.2, 0.25) is 0 Å². The van der Waals surface area contributed by atoms with Crippen LogP contribution in [0.4, 0.5) is 0 Å². The van der Waals surface area contributed by atoms with E-state index in [0.29, 0.717) is 0 Å². The number of nitrogens with zero attached hydrogens (tertiary/aromatic N) is 2. The van der Waals surface area contributed by atoms with Crippen molar-refractivity contribution in [3.63, 3.8) is 0 Å². The third-order valence-electron chi connectivity index (χ3n) is 4.16. The van der Waals surface area contributed by atoms with Crippen LogP contribution in [0.5, 0.6) is 11.5 Å². The molecule has 4 heteroatoms. The van der Waals surface area contributed by atoms with E-state index in [0.717, 1.165) is 34.0 Å². The molecule has 0 unspecified atom stereocenters. The Morgan fingerprint density at radius 2 is 1.00 bits per heavy atom. The second-order valence-electron chi connectivity index (χ2n) is 5.98. The highest BCUT2D eigenvalue weighted by Crippen LogP contribution is 2.34. The van der Waals surface area contributed by atoms with Crippen LogP contribution in [0.1, 0.15) is 25.0 Å². The summed E-state index contributed by atoms with van der Waals surface area (Å²) in [4.78, 5) is 0. The Morgan fingerprint density at radius 3 is 1.30 bits per heavy atom. The molecule has 2 aromatic rings. The van der Waals surface area contributed by atoms with Crippen molar-refractivity contribution in [2.75, 3.05) is 14.2 Å². The highest BCUT2D eigenvalue weighted by Gasteiger charge is 2.37. The molecule has 0 fully saturated rings. The molecule has 1 heterocycles. The van der Waals surface area contributed by atoms with Gasteiger partial charge in [0.1, 0.15) is 11.5 Å². The van der Waals surface area contributed by atoms with E-state index in [1.807, 2.05) is 48.5 Å². The largest absolute Gasteiger partial charge is 0.497 e. The van der Waals surface area contributed by atoms with Crippen molar-refractivity contribution in [1.82, 2.24) is 0 Å². The lowest BCUT2D eigenvalue weighted by atomic mass is 9.77. The molecule has 0 aromatic heterocycles. The highest BCUT2D eigenvalue weighted by atomic mass is 16.5. The summed E-state index contributed by atoms with van der Waals surface area (Å²) in [6.45, 7) is 4.29. The maximum atomic E-state index is 5.22. The molecule has 1 aliphatic heterocycles. The van der Waals surface area contributed by atoms with Gasteiger partial charge in [-0.25, -0.2) is 0 Å². The minimum atomic E-state index is -0.261. The number of hydrogen-bond donors (Lipinski definition) is 0. The maximum absolute atomic E-state index is 5.22. The van der Waals surface area contributed by atoms with E-state index >= 15 is 0 Å². The fourth-order valence-electron chi connectivity index (χ4n) is 2.80. The minimum Gasteiger partial charge on any atom is -0.497 e. The van der Waals surface area contributed by atoms with Crippen molar-refractivity contribution in [3.8, 4) is 11.5 Å². The van der Waals surface area contributed by atoms with Crippen LogP contribution in [0.25, 0.3) is 0 Å². The zero-order valence-electron chi connectivity index (χ0n) is 13.8. The third kappa shape index (κ3) is 2.72. The van der Waals surface area contributed by atoms with E-state index in [1.165, 1.54) is 0 Å². The van der Waals surface area contributed by atoms with E-state index in [-0.39, 0.29) is 5.41 Å². The van der Waals surface area contributed by atoms with Gasteiger partial charge in [-0.2, -0.15) is 10.2 Å². The first-order valence-electron chi connectivity index (χ1n) is 7.51. The molecule has 0 atom stereocenters. The van der Waals surface area contributed by atoms with E-state index in [4.69, 9.17) is 9.47 Å². The average Bonchev–Trinajstić information content (AvgIpc) is 2.90. The summed E-state index contributed by atoms with van der Waals surface area (Å²) < 4.78 is 10.4. The standard InChI is InChI=1S/C19H20N2O2/c1-19(2)17(13-5-9-15(22-3)10-6-13)20-21-18(19)14-7-11-16(23-4)12-8-14/h5-12H,1-4H3. The first kappa shape index (κ1) is 15.3. The summed E-state index contributed by atoms with van der Waals surface area (Å²) in [5.74, 6) is 1.67. The van der Waals surface area contributed by atoms with Crippen molar-refractivity contribution in [1.29, 1.82) is 0 Å². The van der Waals surface area contributed by atoms with Crippen LogP contribution >= 0.6 is 0 Å². The van der Waals surface area contributed by atoms with Gasteiger partial charge < -0.3 is 9.47 Å². The first-order chi connectivity index (χ1) is 11.1. The average molecular weight is 308 g/mol. The predicted octanol–water partition coefficient (Wildman–Crippen LogP) is 3.94. The number of ether oxygens (including phenoxy) is 2. The molecule has 3 rings (SSSR count). The number of hydrogen-bond acceptors (Lipinski definition) is 4. The van der Waals surface area contributed by atoms with Crippen molar-refractivity contribution < 1.29 is 9.47 Å². The minimum absolute atomic E-state index is 0.261. The van der Waals surface area contributed by atoms with Gasteiger partial charge in [0.15, 0.2) is 0 Å². The smallest absolute Gasteiger partial charge is 0.118 e. The molecule has 0 amide bonds. The number of rotatable bonds is 4. The van der Waals surface area contributed by atoms with E-state index in [9.17, 15) is 0 Å². The third-order valence-corrected chi connectivity index (χ3v) is 4.16. The molecule has 0 saturated heterocycles. The van der Waals surface area contributed by atoms with Crippen LogP contribution in [0.2, 0.25) is 0 Å². The summed E-state index contributed by atoms with van der Waals surface area (Å²) in [5.41, 5.74) is 3.78. The second-order valence-corrected chi connectivity index (χ2v) is 5.98. The second kappa shape index (κ2) is 5.88. The summed E-state index contributed by atoms with van der Waals surface area (Å²) in [6, 6.07) is 15.9. The molecule has 0 radical (unpaired) electrons. The van der Waals surface area contributed by atoms with Gasteiger partial charge in [-0.15, -0.1) is 0 Å². The maximum Gasteiger partial charge on any atom is 0.118 e. The highest BCUT2D eigenvalue weighted by molar-refractivity contribution is 6.25. The van der Waals surface area contributed by atoms with Crippen LogP contribution < -0.4 is 9.47 Å². The molecule has 4 nitrogen and oxygen atoms in total. The number of benzene rings is 2. The Kier molecular flexibility index (Phi) is 3.90. The number of methoxy groups -OCH3 is 2. The predicted molar refractivity (Wildman–Crippen MR) is 92.8 cm³/mol. The van der Waals surface area contributed by atoms with Crippen molar-refractivity contribution in [2.45, 2.75) is 13.8 Å². The molecule has 0 N–H and O–H groups in total. The lowest BCUT2D eigenvalue weighted by Crippen LogP contribution is -2.31. The van der Waals surface area contributed by atoms with Gasteiger partial charge in [-0.1, -0.05) is 0 Å². The van der Waals surface area contributed by atoms with Crippen molar-refractivity contribution in [3.05, 3.63) is 59.7 Å². The van der Waals surface area contributed by atoms with E-state index < -0.39 is 0 Å². The first-order valence-corrected chi connectivity index (χ1v) is 7.51. The molecule has 1 aliphatic rings. The van der Waals surface area contributed by atoms with Crippen LogP contribution in [-0.4, -0.2) is 25.6 Å². The molecule has 0 spiro atoms. The van der Waals surface area contributed by atoms with Crippen molar-refractivity contribution in [2.24, 2.45) is 15.6 Å². The normalized spacial score (nSPS) is 15.8. The lowest BCUT2D eigenvalue weighted by Gasteiger charge is -2.23. The van der Waals surface area contributed by atoms with Crippen LogP contribution in [0.3, 0.4) is 0 Å². The van der Waals surface area contributed by atoms with Gasteiger partial charge in [0.05, 0.1) is 31.1 Å². The molecular weight excluding hydrogens is 288 g/mol. The Bertz CT molecular complexity index is 691. The summed E-state index contributed by atoms with van der Waals surface area (Å²) in [6.07, 6.45) is 0. The lowest BCUT2D eigenvalue weighted by molar-refractivity contribution is 0.414. The zero-order valence-corrected chi connectivity index (χ0v) is 13.8. The van der Waals surface area contributed by atoms with Gasteiger partial charge in [-0.3, -0.25) is 0 Å². The summed E-state index contributed by atoms with van der Waals surface area (Å²) in [5, 5.41) is 8.89. The molecule has 2 aromatic carbocycles. The summed E-state index contributed by atoms with van der Waals surface area (Å²) >= 11 is 0. The topological polar surface area (TPSA) is 43.2 Å². The molecular formula is C19H20N2O2. The van der Waals surface area contributed by atoms with Crippen LogP contribution in [0.15, 0.2) is 58.7 Å². The van der Waals surface area contributed by atoms with Crippen LogP contribution in [-0.2, 0) is 0 Å². The molecule has 23 heavy (non-hydrogen) atoms. The SMILES string of the molecule is COc1ccc(C2=NN=C(c3ccc(OC)cc3)C2(C)C)cc1. The molecule has 118 valence electrons. The molecule has 0 bridgehead atoms. The molecule has 0 saturated carbocycles.